The maximum absolute atomic E-state index is 14.3. The van der Waals surface area contributed by atoms with Crippen LogP contribution in [0.2, 0.25) is 10.0 Å². The molecule has 6 nitrogen and oxygen atoms in total. The third-order valence-electron chi connectivity index (χ3n) is 7.70. The minimum atomic E-state index is -1.30. The summed E-state index contributed by atoms with van der Waals surface area (Å²) in [6.45, 7) is 0. The number of carbonyl (C=O) groups excluding carboxylic acids is 2. The second-order valence-electron chi connectivity index (χ2n) is 9.96. The molecule has 0 bridgehead atoms. The Morgan fingerprint density at radius 3 is 2.41 bits per heavy atom. The monoisotopic (exact) mass is 577 g/mol. The van der Waals surface area contributed by atoms with Gasteiger partial charge < -0.3 is 15.4 Å². The van der Waals surface area contributed by atoms with Gasteiger partial charge in [0.25, 0.3) is 0 Å². The van der Waals surface area contributed by atoms with E-state index in [1.807, 2.05) is 12.1 Å². The summed E-state index contributed by atoms with van der Waals surface area (Å²) in [4.78, 5) is 27.7. The van der Waals surface area contributed by atoms with Crippen LogP contribution in [-0.2, 0) is 15.0 Å². The second-order valence-corrected chi connectivity index (χ2v) is 10.8. The molecular formula is C33H21Cl2N3O3. The number of rotatable bonds is 4. The summed E-state index contributed by atoms with van der Waals surface area (Å²) >= 11 is 12.7. The molecular weight excluding hydrogens is 557 g/mol. The standard InChI is InChI=1S/C33H21Cl2N3O3/c1-2-19-8-13-29(41-24-10-6-20(18-36)7-11-24)25(14-19)31-33(26-12-9-23(35)16-28(26)37-32(33)40)27(17-30(39)38-31)21-4-3-5-22(34)15-21/h1,3-16,27,31H,17H2,(H,37,40)(H,38,39)/t27-,31+,33?/m0/s1. The second kappa shape index (κ2) is 10.3. The quantitative estimate of drug-likeness (QED) is 0.259. The van der Waals surface area contributed by atoms with Crippen molar-refractivity contribution in [3.8, 4) is 29.9 Å². The lowest BCUT2D eigenvalue weighted by atomic mass is 9.59. The molecule has 2 aliphatic heterocycles. The smallest absolute Gasteiger partial charge is 0.238 e. The van der Waals surface area contributed by atoms with Crippen LogP contribution in [0.15, 0.2) is 84.9 Å². The lowest BCUT2D eigenvalue weighted by Gasteiger charge is -2.46. The van der Waals surface area contributed by atoms with E-state index in [9.17, 15) is 14.9 Å². The molecule has 1 unspecified atom stereocenters. The first kappa shape index (κ1) is 26.5. The van der Waals surface area contributed by atoms with Gasteiger partial charge in [-0.05, 0) is 77.9 Å². The molecule has 2 N–H and O–H groups in total. The van der Waals surface area contributed by atoms with E-state index in [1.165, 1.54) is 0 Å². The summed E-state index contributed by atoms with van der Waals surface area (Å²) in [5.41, 5.74) is 2.28. The van der Waals surface area contributed by atoms with Crippen molar-refractivity contribution in [2.75, 3.05) is 5.32 Å². The van der Waals surface area contributed by atoms with Crippen LogP contribution in [0.3, 0.4) is 0 Å². The van der Waals surface area contributed by atoms with E-state index in [0.717, 1.165) is 5.56 Å². The van der Waals surface area contributed by atoms with Crippen molar-refractivity contribution in [2.24, 2.45) is 0 Å². The van der Waals surface area contributed by atoms with Crippen LogP contribution in [0.5, 0.6) is 11.5 Å². The minimum Gasteiger partial charge on any atom is -0.457 e. The van der Waals surface area contributed by atoms with Gasteiger partial charge in [-0.2, -0.15) is 5.26 Å². The number of nitriles is 1. The zero-order valence-corrected chi connectivity index (χ0v) is 23.0. The van der Waals surface area contributed by atoms with Gasteiger partial charge in [0.1, 0.15) is 16.9 Å². The zero-order valence-electron chi connectivity index (χ0n) is 21.4. The van der Waals surface area contributed by atoms with Crippen LogP contribution < -0.4 is 15.4 Å². The molecule has 2 heterocycles. The molecule has 0 radical (unpaired) electrons. The van der Waals surface area contributed by atoms with Crippen molar-refractivity contribution in [3.05, 3.63) is 123 Å². The number of carbonyl (C=O) groups is 2. The Morgan fingerprint density at radius 1 is 0.927 bits per heavy atom. The number of ether oxygens (including phenoxy) is 1. The number of amides is 2. The van der Waals surface area contributed by atoms with Crippen LogP contribution in [0.25, 0.3) is 0 Å². The van der Waals surface area contributed by atoms with Crippen LogP contribution >= 0.6 is 23.2 Å². The topological polar surface area (TPSA) is 91.2 Å². The number of piperidine rings is 1. The Morgan fingerprint density at radius 2 is 1.68 bits per heavy atom. The van der Waals surface area contributed by atoms with Crippen LogP contribution in [0.4, 0.5) is 5.69 Å². The number of anilines is 1. The molecule has 6 rings (SSSR count). The van der Waals surface area contributed by atoms with E-state index in [1.54, 1.807) is 72.8 Å². The molecule has 1 saturated heterocycles. The largest absolute Gasteiger partial charge is 0.457 e. The molecule has 2 amide bonds. The number of fused-ring (bicyclic) bond motifs is 2. The lowest BCUT2D eigenvalue weighted by molar-refractivity contribution is -0.131. The molecule has 4 aromatic rings. The molecule has 3 atom stereocenters. The van der Waals surface area contributed by atoms with Gasteiger partial charge in [-0.3, -0.25) is 9.59 Å². The Bertz CT molecular complexity index is 1810. The van der Waals surface area contributed by atoms with E-state index < -0.39 is 17.4 Å². The molecule has 1 fully saturated rings. The summed E-state index contributed by atoms with van der Waals surface area (Å²) in [5, 5.41) is 16.3. The SMILES string of the molecule is C#Cc1ccc(Oc2ccc(C#N)cc2)c([C@H]2NC(=O)C[C@@H](c3cccc(Cl)c3)C23C(=O)Nc2cc(Cl)ccc23)c1. The summed E-state index contributed by atoms with van der Waals surface area (Å²) < 4.78 is 6.30. The Hall–Kier alpha value is -4.75. The normalized spacial score (nSPS) is 20.9. The average Bonchev–Trinajstić information content (AvgIpc) is 3.25. The summed E-state index contributed by atoms with van der Waals surface area (Å²) in [6, 6.07) is 25.6. The maximum atomic E-state index is 14.3. The molecule has 1 spiro atoms. The van der Waals surface area contributed by atoms with Gasteiger partial charge in [0.2, 0.25) is 11.8 Å². The summed E-state index contributed by atoms with van der Waals surface area (Å²) in [6.07, 6.45) is 5.84. The zero-order chi connectivity index (χ0) is 28.7. The molecule has 0 saturated carbocycles. The number of benzene rings is 4. The summed E-state index contributed by atoms with van der Waals surface area (Å²) in [7, 11) is 0. The Balaban J connectivity index is 1.60. The summed E-state index contributed by atoms with van der Waals surface area (Å²) in [5.74, 6) is 2.42. The number of terminal acetylenes is 1. The number of nitrogens with zero attached hydrogens (tertiary/aromatic N) is 1. The predicted octanol–water partition coefficient (Wildman–Crippen LogP) is 6.87. The molecule has 4 aromatic carbocycles. The predicted molar refractivity (Wildman–Crippen MR) is 157 cm³/mol. The Kier molecular flexibility index (Phi) is 6.67. The van der Waals surface area contributed by atoms with Gasteiger partial charge in [0.15, 0.2) is 0 Å². The van der Waals surface area contributed by atoms with Gasteiger partial charge in [-0.25, -0.2) is 0 Å². The molecule has 0 aliphatic carbocycles. The molecule has 200 valence electrons. The first-order valence-corrected chi connectivity index (χ1v) is 13.5. The van der Waals surface area contributed by atoms with E-state index in [-0.39, 0.29) is 18.2 Å². The fraction of sp³-hybridized carbons (Fsp3) is 0.121. The van der Waals surface area contributed by atoms with Gasteiger partial charge in [-0.1, -0.05) is 47.3 Å². The van der Waals surface area contributed by atoms with Crippen molar-refractivity contribution in [3.63, 3.8) is 0 Å². The number of hydrogen-bond donors (Lipinski definition) is 2. The average molecular weight is 578 g/mol. The fourth-order valence-electron chi connectivity index (χ4n) is 5.95. The molecule has 8 heteroatoms. The van der Waals surface area contributed by atoms with Crippen molar-refractivity contribution < 1.29 is 14.3 Å². The van der Waals surface area contributed by atoms with Crippen LogP contribution in [-0.4, -0.2) is 11.8 Å². The highest BCUT2D eigenvalue weighted by atomic mass is 35.5. The van der Waals surface area contributed by atoms with Gasteiger partial charge >= 0.3 is 0 Å². The van der Waals surface area contributed by atoms with Gasteiger partial charge in [-0.15, -0.1) is 6.42 Å². The van der Waals surface area contributed by atoms with Gasteiger partial charge in [0.05, 0.1) is 17.7 Å². The first-order chi connectivity index (χ1) is 19.8. The number of nitrogens with one attached hydrogen (secondary N) is 2. The van der Waals surface area contributed by atoms with Crippen molar-refractivity contribution >= 4 is 40.7 Å². The van der Waals surface area contributed by atoms with Crippen molar-refractivity contribution in [1.82, 2.24) is 5.32 Å². The highest BCUT2D eigenvalue weighted by molar-refractivity contribution is 6.31. The van der Waals surface area contributed by atoms with E-state index >= 15 is 0 Å². The third-order valence-corrected chi connectivity index (χ3v) is 8.17. The minimum absolute atomic E-state index is 0.0486. The number of halogens is 2. The molecule has 2 aliphatic rings. The van der Waals surface area contributed by atoms with E-state index in [0.29, 0.717) is 49.5 Å². The maximum Gasteiger partial charge on any atom is 0.238 e. The number of hydrogen-bond acceptors (Lipinski definition) is 4. The van der Waals surface area contributed by atoms with E-state index in [2.05, 4.69) is 22.6 Å². The highest BCUT2D eigenvalue weighted by Gasteiger charge is 2.61. The fourth-order valence-corrected chi connectivity index (χ4v) is 6.32. The van der Waals surface area contributed by atoms with Crippen LogP contribution in [0.1, 0.15) is 46.2 Å². The van der Waals surface area contributed by atoms with Crippen molar-refractivity contribution in [2.45, 2.75) is 23.8 Å². The van der Waals surface area contributed by atoms with E-state index in [4.69, 9.17) is 34.4 Å². The van der Waals surface area contributed by atoms with Crippen LogP contribution in [0, 0.1) is 23.7 Å². The third kappa shape index (κ3) is 4.48. The van der Waals surface area contributed by atoms with Gasteiger partial charge in [0, 0.05) is 39.2 Å². The molecule has 0 aromatic heterocycles. The van der Waals surface area contributed by atoms with Crippen molar-refractivity contribution in [1.29, 1.82) is 5.26 Å². The first-order valence-electron chi connectivity index (χ1n) is 12.8. The highest BCUT2D eigenvalue weighted by Crippen LogP contribution is 2.58. The lowest BCUT2D eigenvalue weighted by Crippen LogP contribution is -2.56. The Labute approximate surface area is 246 Å². The molecule has 41 heavy (non-hydrogen) atoms.